The van der Waals surface area contributed by atoms with Gasteiger partial charge in [0.1, 0.15) is 17.7 Å². The van der Waals surface area contributed by atoms with Gasteiger partial charge in [0, 0.05) is 17.8 Å². The summed E-state index contributed by atoms with van der Waals surface area (Å²) < 4.78 is 5.27. The fourth-order valence-electron chi connectivity index (χ4n) is 3.05. The van der Waals surface area contributed by atoms with Crippen molar-refractivity contribution < 1.29 is 19.1 Å². The van der Waals surface area contributed by atoms with Gasteiger partial charge in [-0.15, -0.1) is 0 Å². The molecule has 1 rings (SSSR count). The monoisotopic (exact) mass is 451 g/mol. The Labute approximate surface area is 191 Å². The molecule has 174 valence electrons. The van der Waals surface area contributed by atoms with Crippen molar-refractivity contribution >= 4 is 30.5 Å². The van der Waals surface area contributed by atoms with E-state index in [1.54, 1.807) is 27.7 Å². The Morgan fingerprint density at radius 3 is 2.19 bits per heavy atom. The van der Waals surface area contributed by atoms with Gasteiger partial charge in [0.05, 0.1) is 0 Å². The number of rotatable bonds is 7. The summed E-state index contributed by atoms with van der Waals surface area (Å²) >= 11 is 4.25. The Morgan fingerprint density at radius 2 is 1.74 bits per heavy atom. The normalized spacial score (nSPS) is 13.7. The second-order valence-electron chi connectivity index (χ2n) is 9.56. The molecule has 0 radical (unpaired) electrons. The van der Waals surface area contributed by atoms with Crippen molar-refractivity contribution in [1.29, 1.82) is 0 Å². The van der Waals surface area contributed by atoms with E-state index >= 15 is 0 Å². The number of thiol groups is 1. The third kappa shape index (κ3) is 8.81. The Balaban J connectivity index is 3.27. The number of aryl methyl sites for hydroxylation is 1. The maximum absolute atomic E-state index is 13.4. The number of amides is 3. The van der Waals surface area contributed by atoms with Crippen molar-refractivity contribution in [3.8, 4) is 0 Å². The van der Waals surface area contributed by atoms with Crippen molar-refractivity contribution in [1.82, 2.24) is 15.5 Å². The smallest absolute Gasteiger partial charge is 0.408 e. The first-order valence-electron chi connectivity index (χ1n) is 10.5. The lowest BCUT2D eigenvalue weighted by Crippen LogP contribution is -2.55. The molecule has 0 aliphatic heterocycles. The van der Waals surface area contributed by atoms with Crippen LogP contribution in [0.3, 0.4) is 0 Å². The number of alkyl carbamates (subject to hydrolysis) is 1. The second kappa shape index (κ2) is 10.9. The molecule has 0 aromatic heterocycles. The highest BCUT2D eigenvalue weighted by Crippen LogP contribution is 2.24. The van der Waals surface area contributed by atoms with Gasteiger partial charge in [0.15, 0.2) is 0 Å². The van der Waals surface area contributed by atoms with Crippen LogP contribution in [0.15, 0.2) is 24.3 Å². The summed E-state index contributed by atoms with van der Waals surface area (Å²) in [6.45, 7) is 14.9. The van der Waals surface area contributed by atoms with Crippen LogP contribution in [0.25, 0.3) is 0 Å². The number of ether oxygens (including phenoxy) is 1. The lowest BCUT2D eigenvalue weighted by Gasteiger charge is -2.35. The maximum atomic E-state index is 13.4. The first-order chi connectivity index (χ1) is 14.2. The number of likely N-dealkylation sites (N-methyl/N-ethyl adjacent to an activating group) is 1. The molecule has 31 heavy (non-hydrogen) atoms. The molecule has 0 saturated carbocycles. The summed E-state index contributed by atoms with van der Waals surface area (Å²) in [6.07, 6.45) is -0.706. The van der Waals surface area contributed by atoms with E-state index in [9.17, 15) is 14.4 Å². The van der Waals surface area contributed by atoms with Crippen molar-refractivity contribution in [2.24, 2.45) is 0 Å². The Morgan fingerprint density at radius 1 is 1.13 bits per heavy atom. The van der Waals surface area contributed by atoms with Crippen LogP contribution in [0, 0.1) is 6.92 Å². The molecular weight excluding hydrogens is 414 g/mol. The first-order valence-corrected chi connectivity index (χ1v) is 11.1. The van der Waals surface area contributed by atoms with Gasteiger partial charge in [-0.2, -0.15) is 12.6 Å². The molecule has 2 unspecified atom stereocenters. The number of benzene rings is 1. The Bertz CT molecular complexity index is 784. The molecule has 7 nitrogen and oxygen atoms in total. The molecule has 0 bridgehead atoms. The number of hydrogen-bond acceptors (Lipinski definition) is 5. The molecule has 0 aliphatic carbocycles. The van der Waals surface area contributed by atoms with E-state index < -0.39 is 35.2 Å². The largest absolute Gasteiger partial charge is 0.444 e. The summed E-state index contributed by atoms with van der Waals surface area (Å²) in [5.41, 5.74) is 0.508. The van der Waals surface area contributed by atoms with E-state index in [1.165, 1.54) is 4.90 Å². The van der Waals surface area contributed by atoms with E-state index in [1.807, 2.05) is 52.0 Å². The van der Waals surface area contributed by atoms with Crippen molar-refractivity contribution in [3.05, 3.63) is 35.4 Å². The molecule has 1 aromatic rings. The van der Waals surface area contributed by atoms with Gasteiger partial charge in [0.25, 0.3) is 0 Å². The SMILES string of the molecule is CCN(C(=O)C(CS)NC(=O)OC(C)(C)C)C(C(=O)NC(C)(C)C)c1cccc(C)c1. The standard InChI is InChI=1S/C23H37N3O4S/c1-9-26(20(28)17(14-31)24-21(29)30-23(6,7)8)18(19(27)25-22(3,4)5)16-12-10-11-15(2)13-16/h10-13,17-18,31H,9,14H2,1-8H3,(H,24,29)(H,25,27). The maximum Gasteiger partial charge on any atom is 0.408 e. The molecule has 1 aromatic carbocycles. The van der Waals surface area contributed by atoms with Crippen LogP contribution in [-0.2, 0) is 14.3 Å². The average Bonchev–Trinajstić information content (AvgIpc) is 2.60. The highest BCUT2D eigenvalue weighted by Gasteiger charge is 2.36. The Hall–Kier alpha value is -2.22. The highest BCUT2D eigenvalue weighted by atomic mass is 32.1. The highest BCUT2D eigenvalue weighted by molar-refractivity contribution is 7.80. The van der Waals surface area contributed by atoms with Crippen LogP contribution in [0.4, 0.5) is 4.79 Å². The van der Waals surface area contributed by atoms with Crippen LogP contribution in [-0.4, -0.2) is 52.3 Å². The summed E-state index contributed by atoms with van der Waals surface area (Å²) in [6, 6.07) is 5.72. The lowest BCUT2D eigenvalue weighted by molar-refractivity contribution is -0.142. The minimum absolute atomic E-state index is 0.0655. The molecule has 0 fully saturated rings. The zero-order valence-corrected chi connectivity index (χ0v) is 20.8. The summed E-state index contributed by atoms with van der Waals surface area (Å²) in [5.74, 6) is -0.627. The van der Waals surface area contributed by atoms with Gasteiger partial charge in [-0.3, -0.25) is 9.59 Å². The van der Waals surface area contributed by atoms with E-state index in [4.69, 9.17) is 4.74 Å². The zero-order valence-electron chi connectivity index (χ0n) is 19.9. The van der Waals surface area contributed by atoms with E-state index in [0.29, 0.717) is 5.56 Å². The molecule has 2 atom stereocenters. The first kappa shape index (κ1) is 26.8. The molecule has 8 heteroatoms. The van der Waals surface area contributed by atoms with Gasteiger partial charge in [-0.05, 0) is 61.0 Å². The third-order valence-corrected chi connectivity index (χ3v) is 4.58. The number of nitrogens with one attached hydrogen (secondary N) is 2. The Kier molecular flexibility index (Phi) is 9.42. The fourth-order valence-corrected chi connectivity index (χ4v) is 3.30. The topological polar surface area (TPSA) is 87.7 Å². The van der Waals surface area contributed by atoms with Crippen LogP contribution < -0.4 is 10.6 Å². The minimum atomic E-state index is -0.937. The molecular formula is C23H37N3O4S. The lowest BCUT2D eigenvalue weighted by atomic mass is 9.99. The summed E-state index contributed by atoms with van der Waals surface area (Å²) in [4.78, 5) is 40.4. The van der Waals surface area contributed by atoms with Crippen LogP contribution in [0.2, 0.25) is 0 Å². The number of carbonyl (C=O) groups is 3. The van der Waals surface area contributed by atoms with Gasteiger partial charge in [0.2, 0.25) is 11.8 Å². The van der Waals surface area contributed by atoms with E-state index in [-0.39, 0.29) is 18.2 Å². The predicted molar refractivity (Wildman–Crippen MR) is 126 cm³/mol. The van der Waals surface area contributed by atoms with Crippen molar-refractivity contribution in [2.45, 2.75) is 78.6 Å². The molecule has 0 spiro atoms. The molecule has 3 amide bonds. The van der Waals surface area contributed by atoms with Crippen LogP contribution in [0.1, 0.15) is 65.6 Å². The second-order valence-corrected chi connectivity index (χ2v) is 9.93. The zero-order chi connectivity index (χ0) is 24.0. The van der Waals surface area contributed by atoms with Gasteiger partial charge < -0.3 is 20.3 Å². The molecule has 0 heterocycles. The van der Waals surface area contributed by atoms with E-state index in [2.05, 4.69) is 23.3 Å². The van der Waals surface area contributed by atoms with Gasteiger partial charge in [-0.25, -0.2) is 4.79 Å². The number of hydrogen-bond donors (Lipinski definition) is 3. The summed E-state index contributed by atoms with van der Waals surface area (Å²) in [5, 5.41) is 5.55. The predicted octanol–water partition coefficient (Wildman–Crippen LogP) is 3.62. The van der Waals surface area contributed by atoms with Crippen molar-refractivity contribution in [2.75, 3.05) is 12.3 Å². The van der Waals surface area contributed by atoms with Gasteiger partial charge in [-0.1, -0.05) is 29.8 Å². The van der Waals surface area contributed by atoms with Gasteiger partial charge >= 0.3 is 6.09 Å². The minimum Gasteiger partial charge on any atom is -0.444 e. The molecule has 0 saturated heterocycles. The van der Waals surface area contributed by atoms with Crippen LogP contribution >= 0.6 is 12.6 Å². The average molecular weight is 452 g/mol. The quantitative estimate of drug-likeness (QED) is 0.553. The molecule has 2 N–H and O–H groups in total. The molecule has 0 aliphatic rings. The van der Waals surface area contributed by atoms with Crippen molar-refractivity contribution in [3.63, 3.8) is 0 Å². The van der Waals surface area contributed by atoms with E-state index in [0.717, 1.165) is 5.56 Å². The summed E-state index contributed by atoms with van der Waals surface area (Å²) in [7, 11) is 0. The number of nitrogens with zero attached hydrogens (tertiary/aromatic N) is 1. The van der Waals surface area contributed by atoms with Crippen LogP contribution in [0.5, 0.6) is 0 Å². The number of carbonyl (C=O) groups excluding carboxylic acids is 3. The third-order valence-electron chi connectivity index (χ3n) is 4.21. The fraction of sp³-hybridized carbons (Fsp3) is 0.609.